The van der Waals surface area contributed by atoms with Crippen molar-refractivity contribution in [3.63, 3.8) is 0 Å². The molecule has 3 heterocycles. The van der Waals surface area contributed by atoms with E-state index in [0.29, 0.717) is 10.6 Å². The van der Waals surface area contributed by atoms with Gasteiger partial charge in [-0.05, 0) is 44.7 Å². The minimum atomic E-state index is -0.839. The number of thiophene rings is 1. The van der Waals surface area contributed by atoms with Crippen LogP contribution >= 0.6 is 11.3 Å². The van der Waals surface area contributed by atoms with E-state index >= 15 is 0 Å². The Hall–Kier alpha value is -3.34. The van der Waals surface area contributed by atoms with E-state index in [9.17, 15) is 14.4 Å². The zero-order valence-electron chi connectivity index (χ0n) is 16.4. The Morgan fingerprint density at radius 2 is 2.07 bits per heavy atom. The number of hydrogen-bond donors (Lipinski definition) is 1. The minimum absolute atomic E-state index is 0.188. The van der Waals surface area contributed by atoms with Gasteiger partial charge in [0.2, 0.25) is 0 Å². The highest BCUT2D eigenvalue weighted by molar-refractivity contribution is 7.17. The predicted molar refractivity (Wildman–Crippen MR) is 107 cm³/mol. The van der Waals surface area contributed by atoms with Crippen LogP contribution in [0.15, 0.2) is 12.3 Å². The van der Waals surface area contributed by atoms with Gasteiger partial charge >= 0.3 is 11.9 Å². The molecule has 1 N–H and O–H groups in total. The van der Waals surface area contributed by atoms with Crippen molar-refractivity contribution in [2.75, 3.05) is 18.5 Å². The molecule has 0 spiro atoms. The van der Waals surface area contributed by atoms with Gasteiger partial charge in [0.25, 0.3) is 17.5 Å². The number of hydrogen-bond acceptors (Lipinski definition) is 9. The molecule has 0 aromatic carbocycles. The zero-order valence-corrected chi connectivity index (χ0v) is 17.2. The van der Waals surface area contributed by atoms with Gasteiger partial charge in [0.1, 0.15) is 5.00 Å². The van der Waals surface area contributed by atoms with Crippen LogP contribution in [0, 0.1) is 6.92 Å². The van der Waals surface area contributed by atoms with Gasteiger partial charge in [0.05, 0.1) is 12.2 Å². The van der Waals surface area contributed by atoms with Crippen molar-refractivity contribution < 1.29 is 23.9 Å². The van der Waals surface area contributed by atoms with E-state index < -0.39 is 24.5 Å². The van der Waals surface area contributed by atoms with Gasteiger partial charge in [0.15, 0.2) is 6.61 Å². The lowest BCUT2D eigenvalue weighted by atomic mass is 10.1. The summed E-state index contributed by atoms with van der Waals surface area (Å²) in [5, 5.41) is 7.13. The number of nitrogens with zero attached hydrogens (tertiary/aromatic N) is 4. The van der Waals surface area contributed by atoms with Gasteiger partial charge in [-0.15, -0.1) is 16.4 Å². The number of nitrogens with one attached hydrogen (secondary N) is 1. The summed E-state index contributed by atoms with van der Waals surface area (Å²) in [5.41, 5.74) is 2.08. The number of aromatic nitrogens is 4. The molecular formula is C19H19N5O5S. The van der Waals surface area contributed by atoms with E-state index in [1.165, 1.54) is 15.9 Å². The maximum atomic E-state index is 12.4. The fraction of sp³-hybridized carbons (Fsp3) is 0.368. The van der Waals surface area contributed by atoms with Crippen LogP contribution in [0.3, 0.4) is 0 Å². The summed E-state index contributed by atoms with van der Waals surface area (Å²) in [5.74, 6) is -1.78. The van der Waals surface area contributed by atoms with E-state index in [1.54, 1.807) is 26.1 Å². The van der Waals surface area contributed by atoms with Crippen LogP contribution in [-0.4, -0.2) is 50.6 Å². The number of rotatable bonds is 6. The van der Waals surface area contributed by atoms with Gasteiger partial charge < -0.3 is 14.8 Å². The van der Waals surface area contributed by atoms with Crippen molar-refractivity contribution in [3.05, 3.63) is 39.8 Å². The standard InChI is InChI=1S/C19H19N5O5S/c1-3-28-17(26)14-11-5-4-6-12(11)30-16(14)21-13(25)9-29-18(27)15-22-19-20-8-7-10(2)24(19)23-15/h7-8H,3-6,9H2,1-2H3,(H,21,25). The molecule has 0 fully saturated rings. The number of amides is 1. The Morgan fingerprint density at radius 1 is 1.23 bits per heavy atom. The summed E-state index contributed by atoms with van der Waals surface area (Å²) in [6, 6.07) is 1.73. The highest BCUT2D eigenvalue weighted by Crippen LogP contribution is 2.39. The van der Waals surface area contributed by atoms with E-state index in [0.717, 1.165) is 35.4 Å². The van der Waals surface area contributed by atoms with Crippen molar-refractivity contribution in [2.24, 2.45) is 0 Å². The second-order valence-corrected chi connectivity index (χ2v) is 7.74. The molecule has 30 heavy (non-hydrogen) atoms. The van der Waals surface area contributed by atoms with Crippen LogP contribution in [0.5, 0.6) is 0 Å². The van der Waals surface area contributed by atoms with Crippen LogP contribution in [0.1, 0.15) is 50.5 Å². The molecule has 0 aliphatic heterocycles. The second-order valence-electron chi connectivity index (χ2n) is 6.64. The molecule has 3 aromatic rings. The van der Waals surface area contributed by atoms with Crippen molar-refractivity contribution >= 4 is 40.0 Å². The van der Waals surface area contributed by atoms with E-state index in [2.05, 4.69) is 20.4 Å². The quantitative estimate of drug-likeness (QED) is 0.590. The first-order chi connectivity index (χ1) is 14.5. The highest BCUT2D eigenvalue weighted by Gasteiger charge is 2.28. The Bertz CT molecular complexity index is 1150. The fourth-order valence-electron chi connectivity index (χ4n) is 3.26. The minimum Gasteiger partial charge on any atom is -0.462 e. The van der Waals surface area contributed by atoms with Crippen LogP contribution < -0.4 is 5.32 Å². The van der Waals surface area contributed by atoms with E-state index in [-0.39, 0.29) is 18.2 Å². The predicted octanol–water partition coefficient (Wildman–Crippen LogP) is 1.96. The number of carbonyl (C=O) groups is 3. The fourth-order valence-corrected chi connectivity index (χ4v) is 4.56. The number of ether oxygens (including phenoxy) is 2. The van der Waals surface area contributed by atoms with Gasteiger partial charge in [-0.2, -0.15) is 4.98 Å². The zero-order chi connectivity index (χ0) is 21.3. The van der Waals surface area contributed by atoms with Crippen molar-refractivity contribution in [2.45, 2.75) is 33.1 Å². The molecule has 0 atom stereocenters. The molecule has 4 rings (SSSR count). The largest absolute Gasteiger partial charge is 0.462 e. The van der Waals surface area contributed by atoms with Gasteiger partial charge in [-0.25, -0.2) is 19.1 Å². The van der Waals surface area contributed by atoms with Crippen LogP contribution in [0.4, 0.5) is 5.00 Å². The molecule has 10 nitrogen and oxygen atoms in total. The lowest BCUT2D eigenvalue weighted by Crippen LogP contribution is -2.22. The van der Waals surface area contributed by atoms with Crippen LogP contribution in [0.2, 0.25) is 0 Å². The maximum absolute atomic E-state index is 12.4. The summed E-state index contributed by atoms with van der Waals surface area (Å²) in [6.45, 7) is 3.23. The SMILES string of the molecule is CCOC(=O)c1c(NC(=O)COC(=O)c2nc3nccc(C)n3n2)sc2c1CCC2. The van der Waals surface area contributed by atoms with Gasteiger partial charge in [0, 0.05) is 16.8 Å². The van der Waals surface area contributed by atoms with Crippen molar-refractivity contribution in [3.8, 4) is 0 Å². The number of fused-ring (bicyclic) bond motifs is 2. The molecule has 156 valence electrons. The normalized spacial score (nSPS) is 12.6. The second kappa shape index (κ2) is 8.19. The topological polar surface area (TPSA) is 125 Å². The number of esters is 2. The molecule has 1 aliphatic rings. The van der Waals surface area contributed by atoms with Gasteiger partial charge in [-0.1, -0.05) is 0 Å². The number of aryl methyl sites for hydroxylation is 2. The molecule has 0 unspecified atom stereocenters. The third-order valence-electron chi connectivity index (χ3n) is 4.60. The molecular weight excluding hydrogens is 410 g/mol. The molecule has 0 radical (unpaired) electrons. The smallest absolute Gasteiger partial charge is 0.378 e. The molecule has 11 heteroatoms. The van der Waals surface area contributed by atoms with Crippen molar-refractivity contribution in [1.82, 2.24) is 19.6 Å². The summed E-state index contributed by atoms with van der Waals surface area (Å²) < 4.78 is 11.6. The monoisotopic (exact) mass is 429 g/mol. The summed E-state index contributed by atoms with van der Waals surface area (Å²) in [7, 11) is 0. The lowest BCUT2D eigenvalue weighted by molar-refractivity contribution is -0.119. The Labute approximate surface area is 175 Å². The third-order valence-corrected chi connectivity index (χ3v) is 5.81. The summed E-state index contributed by atoms with van der Waals surface area (Å²) in [6.07, 6.45) is 4.17. The molecule has 1 amide bonds. The van der Waals surface area contributed by atoms with Crippen LogP contribution in [-0.2, 0) is 27.1 Å². The van der Waals surface area contributed by atoms with E-state index in [1.807, 2.05) is 0 Å². The summed E-state index contributed by atoms with van der Waals surface area (Å²) >= 11 is 1.36. The maximum Gasteiger partial charge on any atom is 0.378 e. The lowest BCUT2D eigenvalue weighted by Gasteiger charge is -2.08. The van der Waals surface area contributed by atoms with Gasteiger partial charge in [-0.3, -0.25) is 4.79 Å². The summed E-state index contributed by atoms with van der Waals surface area (Å²) in [4.78, 5) is 46.0. The Balaban J connectivity index is 1.43. The Morgan fingerprint density at radius 3 is 2.83 bits per heavy atom. The number of anilines is 1. The first-order valence-electron chi connectivity index (χ1n) is 9.45. The molecule has 1 aliphatic carbocycles. The molecule has 3 aromatic heterocycles. The molecule has 0 bridgehead atoms. The molecule has 0 saturated heterocycles. The van der Waals surface area contributed by atoms with Crippen LogP contribution in [0.25, 0.3) is 5.78 Å². The average molecular weight is 429 g/mol. The Kier molecular flexibility index (Phi) is 5.44. The first-order valence-corrected chi connectivity index (χ1v) is 10.3. The average Bonchev–Trinajstić information content (AvgIpc) is 3.40. The molecule has 0 saturated carbocycles. The highest BCUT2D eigenvalue weighted by atomic mass is 32.1. The van der Waals surface area contributed by atoms with E-state index in [4.69, 9.17) is 9.47 Å². The van der Waals surface area contributed by atoms with Crippen molar-refractivity contribution in [1.29, 1.82) is 0 Å². The number of carbonyl (C=O) groups excluding carboxylic acids is 3. The third kappa shape index (κ3) is 3.75. The first kappa shape index (κ1) is 20.0.